The minimum Gasteiger partial charge on any atom is -0.352 e. The molecule has 1 aromatic heterocycles. The van der Waals surface area contributed by atoms with Gasteiger partial charge < -0.3 is 15.6 Å². The molecule has 0 unspecified atom stereocenters. The molecule has 0 aliphatic rings. The van der Waals surface area contributed by atoms with Crippen LogP contribution in [-0.4, -0.2) is 28.3 Å². The highest BCUT2D eigenvalue weighted by molar-refractivity contribution is 6.30. The summed E-state index contributed by atoms with van der Waals surface area (Å²) in [4.78, 5) is 32.3. The SMILES string of the molecule is CC(C)[C@H](NC(=O)CCNC(=O)c1ccc(Cl)cc1)c1nc2ccccc2[nH]1. The van der Waals surface area contributed by atoms with E-state index in [1.165, 1.54) is 0 Å². The zero-order valence-electron chi connectivity index (χ0n) is 15.8. The second kappa shape index (κ2) is 8.89. The smallest absolute Gasteiger partial charge is 0.251 e. The maximum Gasteiger partial charge on any atom is 0.251 e. The summed E-state index contributed by atoms with van der Waals surface area (Å²) >= 11 is 5.82. The molecule has 0 fully saturated rings. The van der Waals surface area contributed by atoms with Gasteiger partial charge in [0.1, 0.15) is 5.82 Å². The molecule has 3 N–H and O–H groups in total. The Balaban J connectivity index is 1.55. The molecule has 0 saturated heterocycles. The van der Waals surface area contributed by atoms with Crippen molar-refractivity contribution in [2.75, 3.05) is 6.54 Å². The minimum atomic E-state index is -0.234. The zero-order valence-corrected chi connectivity index (χ0v) is 16.6. The molecule has 0 saturated carbocycles. The van der Waals surface area contributed by atoms with Crippen molar-refractivity contribution in [1.82, 2.24) is 20.6 Å². The molecule has 28 heavy (non-hydrogen) atoms. The molecule has 3 aromatic rings. The predicted octanol–water partition coefficient (Wildman–Crippen LogP) is 3.85. The number of aromatic nitrogens is 2. The first-order valence-corrected chi connectivity index (χ1v) is 9.59. The van der Waals surface area contributed by atoms with Gasteiger partial charge in [0.05, 0.1) is 17.1 Å². The lowest BCUT2D eigenvalue weighted by Gasteiger charge is -2.20. The van der Waals surface area contributed by atoms with Crippen LogP contribution in [0.15, 0.2) is 48.5 Å². The fraction of sp³-hybridized carbons (Fsp3) is 0.286. The molecule has 6 nitrogen and oxygen atoms in total. The number of nitrogens with zero attached hydrogens (tertiary/aromatic N) is 1. The molecule has 0 spiro atoms. The number of carbonyl (C=O) groups is 2. The molecule has 0 bridgehead atoms. The van der Waals surface area contributed by atoms with Crippen LogP contribution in [0.3, 0.4) is 0 Å². The lowest BCUT2D eigenvalue weighted by molar-refractivity contribution is -0.122. The van der Waals surface area contributed by atoms with E-state index in [-0.39, 0.29) is 36.7 Å². The molecule has 7 heteroatoms. The average Bonchev–Trinajstić information content (AvgIpc) is 3.10. The maximum atomic E-state index is 12.4. The van der Waals surface area contributed by atoms with E-state index in [1.807, 2.05) is 38.1 Å². The summed E-state index contributed by atoms with van der Waals surface area (Å²) in [5.74, 6) is 0.514. The minimum absolute atomic E-state index is 0.143. The Morgan fingerprint density at radius 1 is 1.11 bits per heavy atom. The van der Waals surface area contributed by atoms with Gasteiger partial charge in [-0.1, -0.05) is 37.6 Å². The van der Waals surface area contributed by atoms with Gasteiger partial charge in [0.15, 0.2) is 0 Å². The summed E-state index contributed by atoms with van der Waals surface area (Å²) in [5, 5.41) is 6.33. The van der Waals surface area contributed by atoms with Gasteiger partial charge in [-0.25, -0.2) is 4.98 Å². The number of aromatic amines is 1. The highest BCUT2D eigenvalue weighted by Crippen LogP contribution is 2.22. The van der Waals surface area contributed by atoms with E-state index in [4.69, 9.17) is 11.6 Å². The average molecular weight is 399 g/mol. The number of hydrogen-bond donors (Lipinski definition) is 3. The number of fused-ring (bicyclic) bond motifs is 1. The summed E-state index contributed by atoms with van der Waals surface area (Å²) < 4.78 is 0. The van der Waals surface area contributed by atoms with Gasteiger partial charge in [0, 0.05) is 23.6 Å². The van der Waals surface area contributed by atoms with Gasteiger partial charge in [-0.05, 0) is 42.3 Å². The van der Waals surface area contributed by atoms with Gasteiger partial charge in [-0.3, -0.25) is 9.59 Å². The van der Waals surface area contributed by atoms with Crippen molar-refractivity contribution in [2.45, 2.75) is 26.3 Å². The molecule has 1 atom stereocenters. The van der Waals surface area contributed by atoms with E-state index in [2.05, 4.69) is 20.6 Å². The van der Waals surface area contributed by atoms with Crippen LogP contribution in [0.1, 0.15) is 42.5 Å². The number of amides is 2. The van der Waals surface area contributed by atoms with Crippen LogP contribution in [0.5, 0.6) is 0 Å². The van der Waals surface area contributed by atoms with Crippen LogP contribution < -0.4 is 10.6 Å². The number of nitrogens with one attached hydrogen (secondary N) is 3. The van der Waals surface area contributed by atoms with Gasteiger partial charge in [0.25, 0.3) is 5.91 Å². The number of halogens is 1. The second-order valence-corrected chi connectivity index (χ2v) is 7.38. The van der Waals surface area contributed by atoms with Crippen molar-refractivity contribution < 1.29 is 9.59 Å². The first kappa shape index (κ1) is 19.9. The number of para-hydroxylation sites is 2. The molecule has 146 valence electrons. The van der Waals surface area contributed by atoms with E-state index < -0.39 is 0 Å². The molecule has 3 rings (SSSR count). The first-order valence-electron chi connectivity index (χ1n) is 9.22. The van der Waals surface area contributed by atoms with E-state index in [0.29, 0.717) is 10.6 Å². The maximum absolute atomic E-state index is 12.4. The Labute approximate surface area is 168 Å². The third-order valence-corrected chi connectivity index (χ3v) is 4.68. The number of rotatable bonds is 7. The summed E-state index contributed by atoms with van der Waals surface area (Å²) in [6.45, 7) is 4.30. The lowest BCUT2D eigenvalue weighted by Crippen LogP contribution is -2.35. The summed E-state index contributed by atoms with van der Waals surface area (Å²) in [6, 6.07) is 14.1. The van der Waals surface area contributed by atoms with Crippen molar-refractivity contribution >= 4 is 34.4 Å². The monoisotopic (exact) mass is 398 g/mol. The first-order chi connectivity index (χ1) is 13.4. The van der Waals surface area contributed by atoms with Crippen molar-refractivity contribution in [3.05, 3.63) is 64.9 Å². The Morgan fingerprint density at radius 3 is 2.50 bits per heavy atom. The lowest BCUT2D eigenvalue weighted by atomic mass is 10.0. The third kappa shape index (κ3) is 4.89. The van der Waals surface area contributed by atoms with E-state index >= 15 is 0 Å². The summed E-state index contributed by atoms with van der Waals surface area (Å²) in [5.41, 5.74) is 2.31. The van der Waals surface area contributed by atoms with E-state index in [0.717, 1.165) is 16.9 Å². The summed E-state index contributed by atoms with van der Waals surface area (Å²) in [7, 11) is 0. The molecule has 0 aliphatic heterocycles. The van der Waals surface area contributed by atoms with Crippen molar-refractivity contribution in [1.29, 1.82) is 0 Å². The summed E-state index contributed by atoms with van der Waals surface area (Å²) in [6.07, 6.45) is 0.183. The normalized spacial score (nSPS) is 12.1. The Bertz CT molecular complexity index is 933. The predicted molar refractivity (Wildman–Crippen MR) is 110 cm³/mol. The molecule has 2 amide bonds. The molecular weight excluding hydrogens is 376 g/mol. The van der Waals surface area contributed by atoms with Gasteiger partial charge in [0.2, 0.25) is 5.91 Å². The largest absolute Gasteiger partial charge is 0.352 e. The number of imidazole rings is 1. The van der Waals surface area contributed by atoms with Crippen LogP contribution >= 0.6 is 11.6 Å². The molecule has 0 aliphatic carbocycles. The van der Waals surface area contributed by atoms with Crippen LogP contribution in [0.4, 0.5) is 0 Å². The van der Waals surface area contributed by atoms with Crippen LogP contribution in [0.25, 0.3) is 11.0 Å². The quantitative estimate of drug-likeness (QED) is 0.565. The third-order valence-electron chi connectivity index (χ3n) is 4.43. The second-order valence-electron chi connectivity index (χ2n) is 6.94. The van der Waals surface area contributed by atoms with Crippen molar-refractivity contribution in [3.8, 4) is 0 Å². The number of carbonyl (C=O) groups excluding carboxylic acids is 2. The highest BCUT2D eigenvalue weighted by atomic mass is 35.5. The topological polar surface area (TPSA) is 86.9 Å². The number of benzene rings is 2. The van der Waals surface area contributed by atoms with Crippen molar-refractivity contribution in [3.63, 3.8) is 0 Å². The van der Waals surface area contributed by atoms with Gasteiger partial charge >= 0.3 is 0 Å². The molecular formula is C21H23ClN4O2. The van der Waals surface area contributed by atoms with Crippen LogP contribution in [0.2, 0.25) is 5.02 Å². The molecule has 2 aromatic carbocycles. The Hall–Kier alpha value is -2.86. The van der Waals surface area contributed by atoms with Gasteiger partial charge in [-0.15, -0.1) is 0 Å². The Kier molecular flexibility index (Phi) is 6.31. The van der Waals surface area contributed by atoms with Crippen molar-refractivity contribution in [2.24, 2.45) is 5.92 Å². The van der Waals surface area contributed by atoms with E-state index in [1.54, 1.807) is 24.3 Å². The molecule has 0 radical (unpaired) electrons. The van der Waals surface area contributed by atoms with Gasteiger partial charge in [-0.2, -0.15) is 0 Å². The zero-order chi connectivity index (χ0) is 20.1. The van der Waals surface area contributed by atoms with E-state index in [9.17, 15) is 9.59 Å². The fourth-order valence-electron chi connectivity index (χ4n) is 2.91. The standard InChI is InChI=1S/C21H23ClN4O2/c1-13(2)19(20-24-16-5-3-4-6-17(16)25-20)26-18(27)11-12-23-21(28)14-7-9-15(22)10-8-14/h3-10,13,19H,11-12H2,1-2H3,(H,23,28)(H,24,25)(H,26,27)/t19-/m0/s1. The Morgan fingerprint density at radius 2 is 1.82 bits per heavy atom. The highest BCUT2D eigenvalue weighted by Gasteiger charge is 2.21. The fourth-order valence-corrected chi connectivity index (χ4v) is 3.04. The molecule has 1 heterocycles. The van der Waals surface area contributed by atoms with Crippen LogP contribution in [0, 0.1) is 5.92 Å². The number of hydrogen-bond acceptors (Lipinski definition) is 3. The number of H-pyrrole nitrogens is 1. The van der Waals surface area contributed by atoms with Crippen LogP contribution in [-0.2, 0) is 4.79 Å².